The number of likely N-dealkylation sites (tertiary alicyclic amines) is 1. The Morgan fingerprint density at radius 1 is 0.917 bits per heavy atom. The minimum absolute atomic E-state index is 0.0101. The number of aromatic hydroxyl groups is 1. The third kappa shape index (κ3) is 7.31. The summed E-state index contributed by atoms with van der Waals surface area (Å²) in [6, 6.07) is 22.0. The van der Waals surface area contributed by atoms with Gasteiger partial charge in [0, 0.05) is 47.1 Å². The predicted molar refractivity (Wildman–Crippen MR) is 186 cm³/mol. The van der Waals surface area contributed by atoms with E-state index in [9.17, 15) is 19.5 Å². The van der Waals surface area contributed by atoms with Crippen LogP contribution < -0.4 is 4.90 Å². The van der Waals surface area contributed by atoms with Crippen molar-refractivity contribution in [1.29, 1.82) is 0 Å². The zero-order chi connectivity index (χ0) is 33.9. The first kappa shape index (κ1) is 33.8. The van der Waals surface area contributed by atoms with Crippen LogP contribution in [0.15, 0.2) is 72.8 Å². The summed E-state index contributed by atoms with van der Waals surface area (Å²) in [6.07, 6.45) is 1.86. The van der Waals surface area contributed by atoms with Gasteiger partial charge in [-0.1, -0.05) is 66.2 Å². The van der Waals surface area contributed by atoms with Crippen LogP contribution in [0.25, 0.3) is 0 Å². The Hall–Kier alpha value is -4.12. The predicted octanol–water partition coefficient (Wildman–Crippen LogP) is 4.21. The second-order valence-corrected chi connectivity index (χ2v) is 13.9. The Morgan fingerprint density at radius 3 is 2.31 bits per heavy atom. The molecule has 3 amide bonds. The quantitative estimate of drug-likeness (QED) is 0.364. The number of anilines is 1. The number of hydrogen-bond acceptors (Lipinski definition) is 7. The Kier molecular flexibility index (Phi) is 10.2. The molecule has 3 aliphatic rings. The monoisotopic (exact) mass is 672 g/mol. The van der Waals surface area contributed by atoms with Gasteiger partial charge in [0.15, 0.2) is 0 Å². The van der Waals surface area contributed by atoms with Crippen LogP contribution in [0.2, 0.25) is 5.02 Å². The molecule has 3 saturated heterocycles. The second kappa shape index (κ2) is 14.6. The number of fused-ring (bicyclic) bond motifs is 1. The summed E-state index contributed by atoms with van der Waals surface area (Å²) in [5, 5.41) is 13.9. The molecule has 3 heterocycles. The summed E-state index contributed by atoms with van der Waals surface area (Å²) in [4.78, 5) is 50.1. The smallest absolute Gasteiger partial charge is 0.246 e. The Balaban J connectivity index is 1.24. The third-order valence-electron chi connectivity index (χ3n) is 9.86. The van der Waals surface area contributed by atoms with Crippen molar-refractivity contribution in [3.63, 3.8) is 0 Å². The zero-order valence-electron chi connectivity index (χ0n) is 28.0. The van der Waals surface area contributed by atoms with Crippen molar-refractivity contribution >= 4 is 35.0 Å². The molecule has 0 radical (unpaired) electrons. The van der Waals surface area contributed by atoms with E-state index in [4.69, 9.17) is 11.6 Å². The van der Waals surface area contributed by atoms with Gasteiger partial charge in [-0.15, -0.1) is 0 Å². The van der Waals surface area contributed by atoms with Crippen LogP contribution in [0.1, 0.15) is 36.0 Å². The van der Waals surface area contributed by atoms with Crippen LogP contribution in [0.3, 0.4) is 0 Å². The fraction of sp³-hybridized carbons (Fsp3) is 0.432. The Bertz CT molecular complexity index is 1610. The molecular weight excluding hydrogens is 628 g/mol. The number of piperazine rings is 1. The average Bonchev–Trinajstić information content (AvgIpc) is 3.05. The van der Waals surface area contributed by atoms with Crippen LogP contribution in [0, 0.1) is 5.92 Å². The molecule has 0 bridgehead atoms. The number of amides is 3. The molecule has 3 aliphatic heterocycles. The van der Waals surface area contributed by atoms with E-state index in [1.807, 2.05) is 43.3 Å². The first-order valence-corrected chi connectivity index (χ1v) is 17.1. The Morgan fingerprint density at radius 2 is 1.62 bits per heavy atom. The molecule has 254 valence electrons. The van der Waals surface area contributed by atoms with E-state index in [-0.39, 0.29) is 55.4 Å². The van der Waals surface area contributed by atoms with E-state index in [1.165, 1.54) is 5.56 Å². The lowest BCUT2D eigenvalue weighted by Crippen LogP contribution is -2.75. The van der Waals surface area contributed by atoms with E-state index in [0.29, 0.717) is 11.4 Å². The average molecular weight is 673 g/mol. The fourth-order valence-electron chi connectivity index (χ4n) is 7.49. The highest BCUT2D eigenvalue weighted by atomic mass is 35.5. The van der Waals surface area contributed by atoms with Crippen molar-refractivity contribution in [2.45, 2.75) is 51.0 Å². The van der Waals surface area contributed by atoms with Gasteiger partial charge < -0.3 is 19.8 Å². The maximum atomic E-state index is 14.3. The summed E-state index contributed by atoms with van der Waals surface area (Å²) in [5.41, 5.74) is 3.82. The number of rotatable bonds is 9. The highest BCUT2D eigenvalue weighted by Gasteiger charge is 2.50. The number of hydrazine groups is 1. The van der Waals surface area contributed by atoms with Crippen LogP contribution in [-0.2, 0) is 33.9 Å². The molecule has 1 N–H and O–H groups in total. The fourth-order valence-corrected chi connectivity index (χ4v) is 7.86. The number of piperidine rings is 1. The van der Waals surface area contributed by atoms with Crippen molar-refractivity contribution < 1.29 is 19.5 Å². The van der Waals surface area contributed by atoms with Gasteiger partial charge in [-0.05, 0) is 66.7 Å². The Labute approximate surface area is 288 Å². The van der Waals surface area contributed by atoms with E-state index in [1.54, 1.807) is 51.1 Å². The SMILES string of the molecule is CN(C)c1c(Cl)cccc1CN1CC2N(C(=O)CN(C)N2C(=O)CC2CCN(Cc3ccccc3)CC2)[C@@H](Cc2ccc(O)cc2)C1=O. The summed E-state index contributed by atoms with van der Waals surface area (Å²) >= 11 is 6.60. The molecule has 0 saturated carbocycles. The molecular formula is C37H45ClN6O4. The molecule has 0 spiro atoms. The normalized spacial score (nSPS) is 21.0. The largest absolute Gasteiger partial charge is 0.508 e. The maximum absolute atomic E-state index is 14.3. The number of phenols is 1. The van der Waals surface area contributed by atoms with Crippen molar-refractivity contribution in [2.24, 2.45) is 5.92 Å². The molecule has 2 atom stereocenters. The topological polar surface area (TPSA) is 90.9 Å². The van der Waals surface area contributed by atoms with E-state index in [0.717, 1.165) is 49.3 Å². The number of likely N-dealkylation sites (N-methyl/N-ethyl adjacent to an activating group) is 1. The number of nitrogens with zero attached hydrogens (tertiary/aromatic N) is 6. The lowest BCUT2D eigenvalue weighted by molar-refractivity contribution is -0.203. The van der Waals surface area contributed by atoms with Gasteiger partial charge in [-0.2, -0.15) is 0 Å². The number of carbonyl (C=O) groups is 3. The van der Waals surface area contributed by atoms with Crippen LogP contribution in [0.4, 0.5) is 5.69 Å². The van der Waals surface area contributed by atoms with Crippen LogP contribution in [-0.4, -0.2) is 107 Å². The first-order chi connectivity index (χ1) is 23.1. The minimum Gasteiger partial charge on any atom is -0.508 e. The number of halogens is 1. The first-order valence-electron chi connectivity index (χ1n) is 16.7. The van der Waals surface area contributed by atoms with E-state index >= 15 is 0 Å². The standard InChI is InChI=1S/C37H45ClN6O4/c1-39(2)36-29(10-7-11-31(36)38)23-42-24-33-43(32(37(42)48)20-26-12-14-30(45)15-13-26)35(47)25-40(3)44(33)34(46)21-27-16-18-41(19-17-27)22-28-8-5-4-6-9-28/h4-15,27,32-33,45H,16-25H2,1-3H3/t32-,33?/m0/s1. The van der Waals surface area contributed by atoms with Gasteiger partial charge >= 0.3 is 0 Å². The summed E-state index contributed by atoms with van der Waals surface area (Å²) < 4.78 is 0. The summed E-state index contributed by atoms with van der Waals surface area (Å²) in [7, 11) is 5.62. The number of phenolic OH excluding ortho intramolecular Hbond substituents is 1. The van der Waals surface area contributed by atoms with Gasteiger partial charge in [-0.3, -0.25) is 24.3 Å². The number of carbonyl (C=O) groups excluding carboxylic acids is 3. The molecule has 3 aromatic rings. The van der Waals surface area contributed by atoms with Crippen molar-refractivity contribution in [3.05, 3.63) is 94.5 Å². The van der Waals surface area contributed by atoms with Crippen LogP contribution in [0.5, 0.6) is 5.75 Å². The molecule has 0 aromatic heterocycles. The third-order valence-corrected chi connectivity index (χ3v) is 10.2. The molecule has 1 unspecified atom stereocenters. The summed E-state index contributed by atoms with van der Waals surface area (Å²) in [6.45, 7) is 3.24. The second-order valence-electron chi connectivity index (χ2n) is 13.5. The van der Waals surface area contributed by atoms with E-state index < -0.39 is 12.2 Å². The van der Waals surface area contributed by atoms with Crippen LogP contribution >= 0.6 is 11.6 Å². The van der Waals surface area contributed by atoms with Crippen molar-refractivity contribution in [2.75, 3.05) is 52.2 Å². The minimum atomic E-state index is -0.812. The number of para-hydroxylation sites is 1. The molecule has 3 aromatic carbocycles. The van der Waals surface area contributed by atoms with Crippen molar-refractivity contribution in [1.82, 2.24) is 24.7 Å². The molecule has 11 heteroatoms. The molecule has 0 aliphatic carbocycles. The van der Waals surface area contributed by atoms with Gasteiger partial charge in [0.25, 0.3) is 0 Å². The maximum Gasteiger partial charge on any atom is 0.246 e. The van der Waals surface area contributed by atoms with E-state index in [2.05, 4.69) is 29.2 Å². The van der Waals surface area contributed by atoms with Gasteiger partial charge in [-0.25, -0.2) is 5.01 Å². The molecule has 6 rings (SSSR count). The van der Waals surface area contributed by atoms with Gasteiger partial charge in [0.05, 0.1) is 23.8 Å². The molecule has 10 nitrogen and oxygen atoms in total. The van der Waals surface area contributed by atoms with Gasteiger partial charge in [0.2, 0.25) is 17.7 Å². The number of benzene rings is 3. The molecule has 48 heavy (non-hydrogen) atoms. The van der Waals surface area contributed by atoms with Gasteiger partial charge in [0.1, 0.15) is 18.0 Å². The summed E-state index contributed by atoms with van der Waals surface area (Å²) in [5.74, 6) is -0.0266. The zero-order valence-corrected chi connectivity index (χ0v) is 28.7. The molecule has 3 fully saturated rings. The highest BCUT2D eigenvalue weighted by Crippen LogP contribution is 2.34. The number of hydrogen-bond donors (Lipinski definition) is 1. The highest BCUT2D eigenvalue weighted by molar-refractivity contribution is 6.33. The lowest BCUT2D eigenvalue weighted by atomic mass is 9.92. The van der Waals surface area contributed by atoms with Crippen molar-refractivity contribution in [3.8, 4) is 5.75 Å². The lowest BCUT2D eigenvalue weighted by Gasteiger charge is -2.55.